The van der Waals surface area contributed by atoms with Gasteiger partial charge in [0, 0.05) is 17.8 Å². The van der Waals surface area contributed by atoms with Gasteiger partial charge in [-0.2, -0.15) is 0 Å². The Bertz CT molecular complexity index is 586. The third-order valence-corrected chi connectivity index (χ3v) is 3.35. The lowest BCUT2D eigenvalue weighted by molar-refractivity contribution is -0.140. The van der Waals surface area contributed by atoms with E-state index in [0.717, 1.165) is 30.6 Å². The van der Waals surface area contributed by atoms with Gasteiger partial charge in [-0.05, 0) is 30.5 Å². The topological polar surface area (TPSA) is 122 Å². The maximum absolute atomic E-state index is 12.3. The van der Waals surface area contributed by atoms with Crippen molar-refractivity contribution in [3.63, 3.8) is 0 Å². The first-order valence-corrected chi connectivity index (χ1v) is 6.66. The van der Waals surface area contributed by atoms with Crippen LogP contribution in [0.5, 0.6) is 0 Å². The van der Waals surface area contributed by atoms with E-state index in [9.17, 15) is 14.4 Å². The summed E-state index contributed by atoms with van der Waals surface area (Å²) < 4.78 is 0. The highest BCUT2D eigenvalue weighted by molar-refractivity contribution is 6.00. The van der Waals surface area contributed by atoms with Crippen LogP contribution in [0.25, 0.3) is 0 Å². The molecule has 21 heavy (non-hydrogen) atoms. The fourth-order valence-electron chi connectivity index (χ4n) is 2.36. The third-order valence-electron chi connectivity index (χ3n) is 3.35. The van der Waals surface area contributed by atoms with Gasteiger partial charge in [0.25, 0.3) is 5.91 Å². The van der Waals surface area contributed by atoms with Crippen molar-refractivity contribution in [1.29, 1.82) is 0 Å². The molecule has 0 saturated carbocycles. The number of nitrogens with two attached hydrogens (primary N) is 1. The average Bonchev–Trinajstić information content (AvgIpc) is 2.45. The van der Waals surface area contributed by atoms with Crippen LogP contribution < -0.4 is 16.4 Å². The average molecular weight is 291 g/mol. The maximum atomic E-state index is 12.3. The SMILES string of the molecule is NC(=O)C[C@@H](NC(=O)c1cccc2c1CCCN2)C(=O)O. The summed E-state index contributed by atoms with van der Waals surface area (Å²) in [4.78, 5) is 34.2. The van der Waals surface area contributed by atoms with Crippen LogP contribution in [-0.2, 0) is 16.0 Å². The number of benzene rings is 1. The van der Waals surface area contributed by atoms with Gasteiger partial charge in [-0.3, -0.25) is 9.59 Å². The zero-order chi connectivity index (χ0) is 15.4. The Labute approximate surface area is 121 Å². The smallest absolute Gasteiger partial charge is 0.326 e. The number of hydrogen-bond donors (Lipinski definition) is 4. The van der Waals surface area contributed by atoms with Crippen molar-refractivity contribution >= 4 is 23.5 Å². The molecule has 1 aliphatic heterocycles. The summed E-state index contributed by atoms with van der Waals surface area (Å²) in [5.41, 5.74) is 7.17. The summed E-state index contributed by atoms with van der Waals surface area (Å²) in [6, 6.07) is 3.94. The number of rotatable bonds is 5. The number of nitrogens with one attached hydrogen (secondary N) is 2. The molecule has 0 fully saturated rings. The van der Waals surface area contributed by atoms with E-state index in [1.54, 1.807) is 12.1 Å². The lowest BCUT2D eigenvalue weighted by atomic mass is 9.97. The number of amides is 2. The van der Waals surface area contributed by atoms with E-state index >= 15 is 0 Å². The van der Waals surface area contributed by atoms with Crippen LogP contribution in [0.1, 0.15) is 28.8 Å². The second-order valence-corrected chi connectivity index (χ2v) is 4.90. The molecule has 112 valence electrons. The lowest BCUT2D eigenvalue weighted by Gasteiger charge is -2.21. The van der Waals surface area contributed by atoms with Crippen LogP contribution in [0.3, 0.4) is 0 Å². The molecule has 1 aromatic carbocycles. The number of carbonyl (C=O) groups is 3. The number of carboxylic acid groups (broad SMARTS) is 1. The van der Waals surface area contributed by atoms with Gasteiger partial charge in [0.1, 0.15) is 6.04 Å². The first-order valence-electron chi connectivity index (χ1n) is 6.66. The summed E-state index contributed by atoms with van der Waals surface area (Å²) in [5.74, 6) is -2.58. The number of aliphatic carboxylic acids is 1. The van der Waals surface area contributed by atoms with E-state index in [-0.39, 0.29) is 0 Å². The number of hydrogen-bond acceptors (Lipinski definition) is 4. The molecule has 7 heteroatoms. The molecule has 0 unspecified atom stereocenters. The second kappa shape index (κ2) is 6.25. The van der Waals surface area contributed by atoms with Crippen molar-refractivity contribution in [2.45, 2.75) is 25.3 Å². The van der Waals surface area contributed by atoms with E-state index in [1.807, 2.05) is 6.07 Å². The zero-order valence-corrected chi connectivity index (χ0v) is 11.4. The minimum atomic E-state index is -1.32. The van der Waals surface area contributed by atoms with Gasteiger partial charge in [0.2, 0.25) is 5.91 Å². The number of carboxylic acids is 1. The molecule has 1 heterocycles. The quantitative estimate of drug-likeness (QED) is 0.613. The Morgan fingerprint density at radius 1 is 1.38 bits per heavy atom. The molecule has 0 saturated heterocycles. The van der Waals surface area contributed by atoms with E-state index < -0.39 is 30.2 Å². The second-order valence-electron chi connectivity index (χ2n) is 4.90. The molecule has 0 spiro atoms. The van der Waals surface area contributed by atoms with Gasteiger partial charge in [0.05, 0.1) is 6.42 Å². The number of carbonyl (C=O) groups excluding carboxylic acids is 2. The molecular weight excluding hydrogens is 274 g/mol. The number of anilines is 1. The highest BCUT2D eigenvalue weighted by atomic mass is 16.4. The van der Waals surface area contributed by atoms with Crippen molar-refractivity contribution in [3.8, 4) is 0 Å². The molecule has 5 N–H and O–H groups in total. The van der Waals surface area contributed by atoms with E-state index in [2.05, 4.69) is 10.6 Å². The van der Waals surface area contributed by atoms with Crippen LogP contribution >= 0.6 is 0 Å². The normalized spacial score (nSPS) is 14.5. The van der Waals surface area contributed by atoms with Gasteiger partial charge < -0.3 is 21.5 Å². The van der Waals surface area contributed by atoms with Crippen molar-refractivity contribution in [2.24, 2.45) is 5.73 Å². The maximum Gasteiger partial charge on any atom is 0.326 e. The minimum Gasteiger partial charge on any atom is -0.480 e. The van der Waals surface area contributed by atoms with Crippen LogP contribution in [0.2, 0.25) is 0 Å². The first-order chi connectivity index (χ1) is 9.99. The first kappa shape index (κ1) is 14.8. The van der Waals surface area contributed by atoms with E-state index in [4.69, 9.17) is 10.8 Å². The molecule has 2 rings (SSSR count). The van der Waals surface area contributed by atoms with Crippen LogP contribution in [0.4, 0.5) is 5.69 Å². The lowest BCUT2D eigenvalue weighted by Crippen LogP contribution is -2.43. The van der Waals surface area contributed by atoms with Gasteiger partial charge in [-0.1, -0.05) is 6.07 Å². The summed E-state index contributed by atoms with van der Waals surface area (Å²) in [6.45, 7) is 0.845. The Balaban J connectivity index is 2.20. The van der Waals surface area contributed by atoms with Crippen LogP contribution in [-0.4, -0.2) is 35.5 Å². The molecular formula is C14H17N3O4. The molecule has 0 aromatic heterocycles. The Morgan fingerprint density at radius 2 is 2.14 bits per heavy atom. The standard InChI is InChI=1S/C14H17N3O4/c15-12(18)7-11(14(20)21)17-13(19)9-3-1-5-10-8(9)4-2-6-16-10/h1,3,5,11,16H,2,4,6-7H2,(H2,15,18)(H,17,19)(H,20,21)/t11-/m1/s1. The highest BCUT2D eigenvalue weighted by Gasteiger charge is 2.25. The van der Waals surface area contributed by atoms with Gasteiger partial charge in [-0.15, -0.1) is 0 Å². The van der Waals surface area contributed by atoms with Crippen LogP contribution in [0, 0.1) is 0 Å². The van der Waals surface area contributed by atoms with Crippen molar-refractivity contribution in [3.05, 3.63) is 29.3 Å². The summed E-state index contributed by atoms with van der Waals surface area (Å²) in [7, 11) is 0. The molecule has 0 aliphatic carbocycles. The van der Waals surface area contributed by atoms with Crippen molar-refractivity contribution in [2.75, 3.05) is 11.9 Å². The monoisotopic (exact) mass is 291 g/mol. The zero-order valence-electron chi connectivity index (χ0n) is 11.4. The Kier molecular flexibility index (Phi) is 4.42. The van der Waals surface area contributed by atoms with Gasteiger partial charge >= 0.3 is 5.97 Å². The molecule has 1 atom stereocenters. The number of fused-ring (bicyclic) bond motifs is 1. The Hall–Kier alpha value is -2.57. The third kappa shape index (κ3) is 3.50. The van der Waals surface area contributed by atoms with Gasteiger partial charge in [0.15, 0.2) is 0 Å². The van der Waals surface area contributed by atoms with Gasteiger partial charge in [-0.25, -0.2) is 4.79 Å². The largest absolute Gasteiger partial charge is 0.480 e. The molecule has 2 amide bonds. The fraction of sp³-hybridized carbons (Fsp3) is 0.357. The van der Waals surface area contributed by atoms with Crippen molar-refractivity contribution < 1.29 is 19.5 Å². The molecule has 1 aliphatic rings. The summed E-state index contributed by atoms with van der Waals surface area (Å²) >= 11 is 0. The highest BCUT2D eigenvalue weighted by Crippen LogP contribution is 2.25. The molecule has 0 radical (unpaired) electrons. The summed E-state index contributed by atoms with van der Waals surface area (Å²) in [6.07, 6.45) is 1.22. The fourth-order valence-corrected chi connectivity index (χ4v) is 2.36. The van der Waals surface area contributed by atoms with E-state index in [0.29, 0.717) is 5.56 Å². The van der Waals surface area contributed by atoms with E-state index in [1.165, 1.54) is 0 Å². The minimum absolute atomic E-state index is 0.426. The number of primary amides is 1. The molecule has 0 bridgehead atoms. The van der Waals surface area contributed by atoms with Crippen molar-refractivity contribution in [1.82, 2.24) is 5.32 Å². The molecule has 1 aromatic rings. The summed E-state index contributed by atoms with van der Waals surface area (Å²) in [5, 5.41) is 14.6. The molecule has 7 nitrogen and oxygen atoms in total. The van der Waals surface area contributed by atoms with Crippen LogP contribution in [0.15, 0.2) is 18.2 Å². The predicted octanol–water partition coefficient (Wildman–Crippen LogP) is 0.103. The Morgan fingerprint density at radius 3 is 2.81 bits per heavy atom. The predicted molar refractivity (Wildman–Crippen MR) is 76.0 cm³/mol.